The average molecular weight is 197 g/mol. The monoisotopic (exact) mass is 197 g/mol. The second-order valence-corrected chi connectivity index (χ2v) is 4.23. The normalized spacial score (nSPS) is 29.1. The van der Waals surface area contributed by atoms with Gasteiger partial charge in [-0.3, -0.25) is 9.59 Å². The van der Waals surface area contributed by atoms with Crippen molar-refractivity contribution in [2.45, 2.75) is 30.8 Å². The Morgan fingerprint density at radius 2 is 2.29 bits per heavy atom. The molecule has 2 amide bonds. The minimum atomic E-state index is -0.679. The Hall–Kier alpha value is -1.10. The summed E-state index contributed by atoms with van der Waals surface area (Å²) in [5.74, 6) is -0.186. The van der Waals surface area contributed by atoms with Gasteiger partial charge in [-0.05, 0) is 19.3 Å². The van der Waals surface area contributed by atoms with Crippen molar-refractivity contribution < 1.29 is 9.59 Å². The van der Waals surface area contributed by atoms with Crippen molar-refractivity contribution in [2.24, 2.45) is 5.73 Å². The van der Waals surface area contributed by atoms with Gasteiger partial charge < -0.3 is 16.0 Å². The second-order valence-electron chi connectivity index (χ2n) is 4.23. The number of nitrogens with zero attached hydrogens (tertiary/aromatic N) is 1. The number of carbonyl (C=O) groups excluding carboxylic acids is 2. The molecule has 2 aliphatic rings. The predicted octanol–water partition coefficient (Wildman–Crippen LogP) is -1.18. The van der Waals surface area contributed by atoms with Gasteiger partial charge in [-0.15, -0.1) is 0 Å². The van der Waals surface area contributed by atoms with Crippen LogP contribution in [0.1, 0.15) is 19.3 Å². The Morgan fingerprint density at radius 1 is 1.64 bits per heavy atom. The van der Waals surface area contributed by atoms with Gasteiger partial charge >= 0.3 is 0 Å². The summed E-state index contributed by atoms with van der Waals surface area (Å²) in [6, 6.07) is -0.353. The number of hydrogen-bond donors (Lipinski definition) is 2. The molecule has 1 atom stereocenters. The lowest BCUT2D eigenvalue weighted by atomic mass is 10.2. The highest BCUT2D eigenvalue weighted by molar-refractivity contribution is 5.94. The van der Waals surface area contributed by atoms with Crippen LogP contribution in [0.25, 0.3) is 0 Å². The van der Waals surface area contributed by atoms with Crippen molar-refractivity contribution in [3.63, 3.8) is 0 Å². The molecule has 0 aromatic heterocycles. The highest BCUT2D eigenvalue weighted by Crippen LogP contribution is 2.32. The van der Waals surface area contributed by atoms with Crippen molar-refractivity contribution in [1.82, 2.24) is 10.2 Å². The molecule has 1 saturated heterocycles. The van der Waals surface area contributed by atoms with Gasteiger partial charge in [0.1, 0.15) is 6.04 Å². The van der Waals surface area contributed by atoms with Gasteiger partial charge in [0, 0.05) is 13.6 Å². The largest absolute Gasteiger partial charge is 0.344 e. The molecule has 1 unspecified atom stereocenters. The number of nitrogens with one attached hydrogen (secondary N) is 1. The summed E-state index contributed by atoms with van der Waals surface area (Å²) in [7, 11) is 1.74. The van der Waals surface area contributed by atoms with Crippen LogP contribution in [0.2, 0.25) is 0 Å². The summed E-state index contributed by atoms with van der Waals surface area (Å²) < 4.78 is 0. The van der Waals surface area contributed by atoms with Crippen LogP contribution in [-0.2, 0) is 9.59 Å². The number of likely N-dealkylation sites (tertiary alicyclic amines) is 1. The molecule has 14 heavy (non-hydrogen) atoms. The van der Waals surface area contributed by atoms with E-state index in [1.807, 2.05) is 0 Å². The van der Waals surface area contributed by atoms with Crippen molar-refractivity contribution in [3.05, 3.63) is 0 Å². The smallest absolute Gasteiger partial charge is 0.244 e. The summed E-state index contributed by atoms with van der Waals surface area (Å²) in [4.78, 5) is 24.6. The van der Waals surface area contributed by atoms with Gasteiger partial charge in [-0.1, -0.05) is 0 Å². The number of nitrogens with two attached hydrogens (primary N) is 1. The number of amides is 2. The third kappa shape index (κ3) is 1.48. The number of rotatable bonds is 2. The maximum absolute atomic E-state index is 11.5. The van der Waals surface area contributed by atoms with E-state index in [0.717, 1.165) is 12.8 Å². The maximum atomic E-state index is 11.5. The minimum absolute atomic E-state index is 0.0115. The highest BCUT2D eigenvalue weighted by atomic mass is 16.2. The first kappa shape index (κ1) is 9.45. The molecule has 2 fully saturated rings. The van der Waals surface area contributed by atoms with E-state index in [0.29, 0.717) is 13.0 Å². The molecule has 5 heteroatoms. The summed E-state index contributed by atoms with van der Waals surface area (Å²) >= 11 is 0. The van der Waals surface area contributed by atoms with Gasteiger partial charge in [0.25, 0.3) is 0 Å². The fourth-order valence-corrected chi connectivity index (χ4v) is 1.62. The topological polar surface area (TPSA) is 75.4 Å². The van der Waals surface area contributed by atoms with Crippen LogP contribution in [0.3, 0.4) is 0 Å². The van der Waals surface area contributed by atoms with E-state index in [2.05, 4.69) is 5.32 Å². The molecular weight excluding hydrogens is 182 g/mol. The standard InChI is InChI=1S/C9H15N3O2/c1-12-5-2-6(7(12)13)11-8(14)9(10)3-4-9/h6H,2-5,10H2,1H3,(H,11,14). The average Bonchev–Trinajstić information content (AvgIpc) is 2.83. The predicted molar refractivity (Wildman–Crippen MR) is 50.3 cm³/mol. The fraction of sp³-hybridized carbons (Fsp3) is 0.778. The molecule has 3 N–H and O–H groups in total. The zero-order valence-corrected chi connectivity index (χ0v) is 8.25. The first-order valence-electron chi connectivity index (χ1n) is 4.88. The Kier molecular flexibility index (Phi) is 1.99. The number of likely N-dealkylation sites (N-methyl/N-ethyl adjacent to an activating group) is 1. The molecule has 78 valence electrons. The molecule has 5 nitrogen and oxygen atoms in total. The van der Waals surface area contributed by atoms with E-state index in [1.165, 1.54) is 0 Å². The molecule has 0 spiro atoms. The summed E-state index contributed by atoms with van der Waals surface area (Å²) in [5, 5.41) is 2.71. The zero-order chi connectivity index (χ0) is 10.3. The van der Waals surface area contributed by atoms with Crippen LogP contribution >= 0.6 is 0 Å². The molecule has 1 heterocycles. The molecule has 1 aliphatic carbocycles. The molecule has 0 aromatic carbocycles. The Morgan fingerprint density at radius 3 is 2.71 bits per heavy atom. The van der Waals surface area contributed by atoms with Crippen LogP contribution in [0.5, 0.6) is 0 Å². The SMILES string of the molecule is CN1CCC(NC(=O)C2(N)CC2)C1=O. The van der Waals surface area contributed by atoms with Gasteiger partial charge in [0.05, 0.1) is 5.54 Å². The quantitative estimate of drug-likeness (QED) is 0.585. The van der Waals surface area contributed by atoms with Crippen LogP contribution in [-0.4, -0.2) is 41.9 Å². The molecule has 1 aliphatic heterocycles. The first-order valence-corrected chi connectivity index (χ1v) is 4.88. The van der Waals surface area contributed by atoms with E-state index in [9.17, 15) is 9.59 Å². The van der Waals surface area contributed by atoms with Crippen molar-refractivity contribution >= 4 is 11.8 Å². The number of carbonyl (C=O) groups is 2. The lowest BCUT2D eigenvalue weighted by Gasteiger charge is -2.15. The molecule has 2 rings (SSSR count). The third-order valence-corrected chi connectivity index (χ3v) is 2.97. The van der Waals surface area contributed by atoms with Crippen molar-refractivity contribution in [3.8, 4) is 0 Å². The van der Waals surface area contributed by atoms with Gasteiger partial charge in [-0.25, -0.2) is 0 Å². The zero-order valence-electron chi connectivity index (χ0n) is 8.25. The molecule has 1 saturated carbocycles. The Bertz CT molecular complexity index is 286. The fourth-order valence-electron chi connectivity index (χ4n) is 1.62. The second kappa shape index (κ2) is 2.95. The van der Waals surface area contributed by atoms with Gasteiger partial charge in [-0.2, -0.15) is 0 Å². The summed E-state index contributed by atoms with van der Waals surface area (Å²) in [5.41, 5.74) is 5.03. The van der Waals surface area contributed by atoms with Gasteiger partial charge in [0.2, 0.25) is 11.8 Å². The van der Waals surface area contributed by atoms with E-state index in [1.54, 1.807) is 11.9 Å². The van der Waals surface area contributed by atoms with Crippen LogP contribution in [0, 0.1) is 0 Å². The van der Waals surface area contributed by atoms with Crippen LogP contribution in [0.15, 0.2) is 0 Å². The van der Waals surface area contributed by atoms with E-state index < -0.39 is 5.54 Å². The Labute approximate surface area is 82.6 Å². The van der Waals surface area contributed by atoms with E-state index in [-0.39, 0.29) is 17.9 Å². The van der Waals surface area contributed by atoms with Gasteiger partial charge in [0.15, 0.2) is 0 Å². The number of hydrogen-bond acceptors (Lipinski definition) is 3. The van der Waals surface area contributed by atoms with Crippen molar-refractivity contribution in [2.75, 3.05) is 13.6 Å². The maximum Gasteiger partial charge on any atom is 0.244 e. The molecule has 0 bridgehead atoms. The first-order chi connectivity index (χ1) is 6.53. The van der Waals surface area contributed by atoms with Crippen LogP contribution < -0.4 is 11.1 Å². The summed E-state index contributed by atoms with van der Waals surface area (Å²) in [6.07, 6.45) is 2.16. The summed E-state index contributed by atoms with van der Waals surface area (Å²) in [6.45, 7) is 0.710. The lowest BCUT2D eigenvalue weighted by Crippen LogP contribution is -2.49. The molecule has 0 radical (unpaired) electrons. The van der Waals surface area contributed by atoms with Crippen molar-refractivity contribution in [1.29, 1.82) is 0 Å². The Balaban J connectivity index is 1.92. The van der Waals surface area contributed by atoms with E-state index >= 15 is 0 Å². The highest BCUT2D eigenvalue weighted by Gasteiger charge is 2.47. The van der Waals surface area contributed by atoms with E-state index in [4.69, 9.17) is 5.73 Å². The molecule has 0 aromatic rings. The molecular formula is C9H15N3O2. The van der Waals surface area contributed by atoms with Crippen LogP contribution in [0.4, 0.5) is 0 Å². The lowest BCUT2D eigenvalue weighted by molar-refractivity contribution is -0.132. The minimum Gasteiger partial charge on any atom is -0.344 e. The third-order valence-electron chi connectivity index (χ3n) is 2.97.